The summed E-state index contributed by atoms with van der Waals surface area (Å²) in [6.45, 7) is 0.467. The lowest BCUT2D eigenvalue weighted by molar-refractivity contribution is 0.597. The molecule has 1 heterocycles. The van der Waals surface area contributed by atoms with Gasteiger partial charge in [-0.2, -0.15) is 0 Å². The number of hydrogen-bond acceptors (Lipinski definition) is 1. The quantitative estimate of drug-likeness (QED) is 0.734. The summed E-state index contributed by atoms with van der Waals surface area (Å²) in [5.74, 6) is 0.181. The first-order valence-electron chi connectivity index (χ1n) is 4.59. The molecular formula is C11H10ClFN2. The van der Waals surface area contributed by atoms with Crippen LogP contribution in [-0.2, 0) is 12.4 Å². The van der Waals surface area contributed by atoms with Crippen LogP contribution in [-0.4, -0.2) is 9.55 Å². The monoisotopic (exact) mass is 224 g/mol. The Labute approximate surface area is 92.3 Å². The molecule has 0 bridgehead atoms. The van der Waals surface area contributed by atoms with Gasteiger partial charge in [0, 0.05) is 11.8 Å². The van der Waals surface area contributed by atoms with Gasteiger partial charge in [-0.15, -0.1) is 11.6 Å². The SMILES string of the molecule is Fc1ccccc1Cn1cncc1CCl. The molecule has 0 atom stereocenters. The molecule has 0 aliphatic heterocycles. The van der Waals surface area contributed by atoms with Gasteiger partial charge >= 0.3 is 0 Å². The molecule has 0 N–H and O–H groups in total. The molecule has 2 rings (SSSR count). The van der Waals surface area contributed by atoms with E-state index in [1.54, 1.807) is 24.7 Å². The van der Waals surface area contributed by atoms with Gasteiger partial charge in [0.25, 0.3) is 0 Å². The topological polar surface area (TPSA) is 17.8 Å². The number of halogens is 2. The van der Waals surface area contributed by atoms with Gasteiger partial charge in [0.05, 0.1) is 24.4 Å². The van der Waals surface area contributed by atoms with Crippen molar-refractivity contribution in [1.29, 1.82) is 0 Å². The van der Waals surface area contributed by atoms with Crippen LogP contribution in [0.3, 0.4) is 0 Å². The summed E-state index contributed by atoms with van der Waals surface area (Å²) in [5, 5.41) is 0. The van der Waals surface area contributed by atoms with Gasteiger partial charge < -0.3 is 4.57 Å². The van der Waals surface area contributed by atoms with Crippen molar-refractivity contribution in [3.63, 3.8) is 0 Å². The second kappa shape index (κ2) is 4.45. The maximum atomic E-state index is 13.4. The molecule has 0 spiro atoms. The second-order valence-corrected chi connectivity index (χ2v) is 3.51. The van der Waals surface area contributed by atoms with Crippen molar-refractivity contribution in [2.75, 3.05) is 0 Å². The van der Waals surface area contributed by atoms with Gasteiger partial charge in [-0.25, -0.2) is 9.37 Å². The third kappa shape index (κ3) is 2.18. The van der Waals surface area contributed by atoms with Crippen LogP contribution in [0.25, 0.3) is 0 Å². The van der Waals surface area contributed by atoms with Crippen LogP contribution in [0.1, 0.15) is 11.3 Å². The minimum absolute atomic E-state index is 0.202. The lowest BCUT2D eigenvalue weighted by Gasteiger charge is -2.06. The van der Waals surface area contributed by atoms with Gasteiger partial charge in [-0.1, -0.05) is 18.2 Å². The predicted octanol–water partition coefficient (Wildman–Crippen LogP) is 2.81. The normalized spacial score (nSPS) is 10.5. The highest BCUT2D eigenvalue weighted by atomic mass is 35.5. The summed E-state index contributed by atoms with van der Waals surface area (Å²) in [4.78, 5) is 3.97. The zero-order valence-corrected chi connectivity index (χ0v) is 8.78. The first-order chi connectivity index (χ1) is 7.31. The van der Waals surface area contributed by atoms with Gasteiger partial charge in [-0.3, -0.25) is 0 Å². The van der Waals surface area contributed by atoms with E-state index in [9.17, 15) is 4.39 Å². The highest BCUT2D eigenvalue weighted by Gasteiger charge is 2.04. The summed E-state index contributed by atoms with van der Waals surface area (Å²) < 4.78 is 15.2. The molecular weight excluding hydrogens is 215 g/mol. The number of nitrogens with zero attached hydrogens (tertiary/aromatic N) is 2. The van der Waals surface area contributed by atoms with E-state index in [-0.39, 0.29) is 5.82 Å². The van der Waals surface area contributed by atoms with E-state index in [0.717, 1.165) is 5.69 Å². The summed E-state index contributed by atoms with van der Waals surface area (Å²) >= 11 is 5.72. The first-order valence-corrected chi connectivity index (χ1v) is 5.13. The predicted molar refractivity (Wildman–Crippen MR) is 57.3 cm³/mol. The Balaban J connectivity index is 2.26. The summed E-state index contributed by atoms with van der Waals surface area (Å²) in [6, 6.07) is 6.70. The number of imidazole rings is 1. The fraction of sp³-hybridized carbons (Fsp3) is 0.182. The molecule has 1 aromatic carbocycles. The van der Waals surface area contributed by atoms with Crippen molar-refractivity contribution in [2.24, 2.45) is 0 Å². The van der Waals surface area contributed by atoms with Crippen molar-refractivity contribution in [1.82, 2.24) is 9.55 Å². The van der Waals surface area contributed by atoms with E-state index >= 15 is 0 Å². The lowest BCUT2D eigenvalue weighted by Crippen LogP contribution is -2.03. The molecule has 4 heteroatoms. The van der Waals surface area contributed by atoms with Crippen molar-refractivity contribution >= 4 is 11.6 Å². The minimum atomic E-state index is -0.202. The third-order valence-corrected chi connectivity index (χ3v) is 2.51. The maximum Gasteiger partial charge on any atom is 0.128 e. The molecule has 0 aliphatic rings. The molecule has 0 unspecified atom stereocenters. The van der Waals surface area contributed by atoms with Crippen LogP contribution in [0.4, 0.5) is 4.39 Å². The first kappa shape index (κ1) is 10.2. The zero-order valence-electron chi connectivity index (χ0n) is 8.03. The average molecular weight is 225 g/mol. The number of benzene rings is 1. The van der Waals surface area contributed by atoms with Gasteiger partial charge in [0.1, 0.15) is 5.82 Å². The van der Waals surface area contributed by atoms with Crippen LogP contribution >= 0.6 is 11.6 Å². The van der Waals surface area contributed by atoms with E-state index in [1.807, 2.05) is 10.6 Å². The maximum absolute atomic E-state index is 13.4. The van der Waals surface area contributed by atoms with Crippen molar-refractivity contribution in [3.05, 3.63) is 53.9 Å². The molecule has 0 radical (unpaired) electrons. The van der Waals surface area contributed by atoms with Crippen LogP contribution < -0.4 is 0 Å². The molecule has 2 nitrogen and oxygen atoms in total. The molecule has 78 valence electrons. The van der Waals surface area contributed by atoms with E-state index < -0.39 is 0 Å². The van der Waals surface area contributed by atoms with Crippen LogP contribution in [0, 0.1) is 5.82 Å². The fourth-order valence-corrected chi connectivity index (χ4v) is 1.63. The Kier molecular flexibility index (Phi) is 3.02. The average Bonchev–Trinajstić information content (AvgIpc) is 2.69. The molecule has 0 aliphatic carbocycles. The highest BCUT2D eigenvalue weighted by Crippen LogP contribution is 2.11. The van der Waals surface area contributed by atoms with Crippen LogP contribution in [0.5, 0.6) is 0 Å². The molecule has 0 saturated heterocycles. The Morgan fingerprint density at radius 2 is 2.13 bits per heavy atom. The van der Waals surface area contributed by atoms with Gasteiger partial charge in [0.15, 0.2) is 0 Å². The molecule has 0 amide bonds. The Bertz CT molecular complexity index is 453. The van der Waals surface area contributed by atoms with E-state index in [2.05, 4.69) is 4.98 Å². The number of rotatable bonds is 3. The summed E-state index contributed by atoms with van der Waals surface area (Å²) in [6.07, 6.45) is 3.35. The van der Waals surface area contributed by atoms with Gasteiger partial charge in [-0.05, 0) is 6.07 Å². The van der Waals surface area contributed by atoms with Crippen molar-refractivity contribution < 1.29 is 4.39 Å². The fourth-order valence-electron chi connectivity index (χ4n) is 1.41. The molecule has 15 heavy (non-hydrogen) atoms. The van der Waals surface area contributed by atoms with Gasteiger partial charge in [0.2, 0.25) is 0 Å². The second-order valence-electron chi connectivity index (χ2n) is 3.24. The van der Waals surface area contributed by atoms with Crippen molar-refractivity contribution in [2.45, 2.75) is 12.4 Å². The van der Waals surface area contributed by atoms with Crippen molar-refractivity contribution in [3.8, 4) is 0 Å². The zero-order chi connectivity index (χ0) is 10.7. The lowest BCUT2D eigenvalue weighted by atomic mass is 10.2. The Hall–Kier alpha value is -1.35. The number of aromatic nitrogens is 2. The standard InChI is InChI=1S/C11H10ClFN2/c12-5-10-6-14-8-15(10)7-9-3-1-2-4-11(9)13/h1-4,6,8H,5,7H2. The summed E-state index contributed by atoms with van der Waals surface area (Å²) in [5.41, 5.74) is 1.53. The summed E-state index contributed by atoms with van der Waals surface area (Å²) in [7, 11) is 0. The molecule has 0 saturated carbocycles. The van der Waals surface area contributed by atoms with E-state index in [4.69, 9.17) is 11.6 Å². The number of alkyl halides is 1. The Morgan fingerprint density at radius 3 is 2.87 bits per heavy atom. The molecule has 0 fully saturated rings. The Morgan fingerprint density at radius 1 is 1.33 bits per heavy atom. The molecule has 1 aromatic heterocycles. The largest absolute Gasteiger partial charge is 0.329 e. The smallest absolute Gasteiger partial charge is 0.128 e. The third-order valence-electron chi connectivity index (χ3n) is 2.23. The minimum Gasteiger partial charge on any atom is -0.329 e. The van der Waals surface area contributed by atoms with Crippen LogP contribution in [0.2, 0.25) is 0 Å². The highest BCUT2D eigenvalue weighted by molar-refractivity contribution is 6.16. The molecule has 2 aromatic rings. The van der Waals surface area contributed by atoms with Crippen LogP contribution in [0.15, 0.2) is 36.8 Å². The van der Waals surface area contributed by atoms with E-state index in [0.29, 0.717) is 18.0 Å². The number of hydrogen-bond donors (Lipinski definition) is 0. The van der Waals surface area contributed by atoms with E-state index in [1.165, 1.54) is 6.07 Å².